The van der Waals surface area contributed by atoms with Crippen molar-refractivity contribution in [3.63, 3.8) is 0 Å². The molecule has 166 valence electrons. The number of nitrogens with zero attached hydrogens (tertiary/aromatic N) is 2. The number of piperidine rings is 1. The van der Waals surface area contributed by atoms with Crippen molar-refractivity contribution in [3.05, 3.63) is 64.7 Å². The Kier molecular flexibility index (Phi) is 5.82. The highest BCUT2D eigenvalue weighted by atomic mass is 16.5. The van der Waals surface area contributed by atoms with E-state index in [1.807, 2.05) is 19.1 Å². The molecule has 2 atom stereocenters. The third kappa shape index (κ3) is 4.02. The van der Waals surface area contributed by atoms with Gasteiger partial charge in [-0.3, -0.25) is 14.4 Å². The van der Waals surface area contributed by atoms with Gasteiger partial charge in [0.25, 0.3) is 17.7 Å². The van der Waals surface area contributed by atoms with Crippen molar-refractivity contribution >= 4 is 29.4 Å². The van der Waals surface area contributed by atoms with Crippen LogP contribution in [0, 0.1) is 18.8 Å². The van der Waals surface area contributed by atoms with Crippen molar-refractivity contribution in [1.82, 2.24) is 4.90 Å². The number of rotatable bonds is 4. The Labute approximate surface area is 187 Å². The van der Waals surface area contributed by atoms with Crippen molar-refractivity contribution in [1.29, 1.82) is 0 Å². The molecule has 0 bridgehead atoms. The van der Waals surface area contributed by atoms with Crippen molar-refractivity contribution in [3.8, 4) is 0 Å². The van der Waals surface area contributed by atoms with Gasteiger partial charge in [-0.1, -0.05) is 32.0 Å². The molecule has 0 N–H and O–H groups in total. The van der Waals surface area contributed by atoms with Crippen LogP contribution < -0.4 is 4.90 Å². The van der Waals surface area contributed by atoms with Crippen molar-refractivity contribution in [2.45, 2.75) is 27.2 Å². The van der Waals surface area contributed by atoms with Crippen LogP contribution in [0.1, 0.15) is 56.9 Å². The molecular formula is C25H26N2O5. The van der Waals surface area contributed by atoms with Crippen LogP contribution in [0.2, 0.25) is 0 Å². The zero-order chi connectivity index (χ0) is 23.0. The fourth-order valence-electron chi connectivity index (χ4n) is 4.57. The number of amides is 3. The monoisotopic (exact) mass is 434 g/mol. The predicted octanol–water partition coefficient (Wildman–Crippen LogP) is 3.46. The third-order valence-corrected chi connectivity index (χ3v) is 6.03. The summed E-state index contributed by atoms with van der Waals surface area (Å²) in [6.45, 7) is 6.99. The Bertz CT molecular complexity index is 1100. The molecule has 2 aliphatic rings. The summed E-state index contributed by atoms with van der Waals surface area (Å²) in [4.78, 5) is 53.7. The van der Waals surface area contributed by atoms with Crippen molar-refractivity contribution < 1.29 is 23.9 Å². The number of carbonyl (C=O) groups is 4. The maximum atomic E-state index is 13.0. The lowest BCUT2D eigenvalue weighted by Gasteiger charge is -2.34. The first-order valence-electron chi connectivity index (χ1n) is 10.8. The third-order valence-electron chi connectivity index (χ3n) is 6.03. The number of aryl methyl sites for hydroxylation is 1. The minimum absolute atomic E-state index is 0.129. The van der Waals surface area contributed by atoms with Gasteiger partial charge in [0.2, 0.25) is 0 Å². The first-order chi connectivity index (χ1) is 15.3. The van der Waals surface area contributed by atoms with Crippen LogP contribution in [-0.2, 0) is 9.53 Å². The number of fused-ring (bicyclic) bond motifs is 1. The van der Waals surface area contributed by atoms with Crippen molar-refractivity contribution in [2.24, 2.45) is 11.8 Å². The lowest BCUT2D eigenvalue weighted by atomic mass is 9.92. The van der Waals surface area contributed by atoms with Gasteiger partial charge in [0.1, 0.15) is 0 Å². The molecule has 0 spiro atoms. The quantitative estimate of drug-likeness (QED) is 0.544. The zero-order valence-corrected chi connectivity index (χ0v) is 18.5. The van der Waals surface area contributed by atoms with Gasteiger partial charge in [-0.15, -0.1) is 0 Å². The summed E-state index contributed by atoms with van der Waals surface area (Å²) < 4.78 is 5.23. The van der Waals surface area contributed by atoms with E-state index in [2.05, 4.69) is 13.8 Å². The van der Waals surface area contributed by atoms with E-state index in [-0.39, 0.29) is 29.2 Å². The maximum Gasteiger partial charge on any atom is 0.338 e. The SMILES string of the molecule is Cc1ccccc1N1C(=O)c2ccc(C(=O)OCC(=O)N3CC(C)CC(C)C3)cc2C1=O. The van der Waals surface area contributed by atoms with Crippen LogP contribution in [0.25, 0.3) is 0 Å². The largest absolute Gasteiger partial charge is 0.452 e. The minimum Gasteiger partial charge on any atom is -0.452 e. The first kappa shape index (κ1) is 21.7. The number of imide groups is 1. The lowest BCUT2D eigenvalue weighted by molar-refractivity contribution is -0.137. The normalized spacial score (nSPS) is 20.3. The van der Waals surface area contributed by atoms with Gasteiger partial charge >= 0.3 is 5.97 Å². The van der Waals surface area contributed by atoms with Gasteiger partial charge < -0.3 is 9.64 Å². The highest BCUT2D eigenvalue weighted by Crippen LogP contribution is 2.31. The molecule has 0 radical (unpaired) electrons. The molecular weight excluding hydrogens is 408 g/mol. The number of ether oxygens (including phenoxy) is 1. The molecule has 3 amide bonds. The Morgan fingerprint density at radius 2 is 1.62 bits per heavy atom. The number of hydrogen-bond donors (Lipinski definition) is 0. The molecule has 1 fully saturated rings. The first-order valence-corrected chi connectivity index (χ1v) is 10.8. The smallest absolute Gasteiger partial charge is 0.338 e. The van der Waals surface area contributed by atoms with E-state index in [4.69, 9.17) is 4.74 Å². The Morgan fingerprint density at radius 1 is 0.969 bits per heavy atom. The maximum absolute atomic E-state index is 13.0. The number of esters is 1. The van der Waals surface area contributed by atoms with Gasteiger partial charge in [-0.05, 0) is 55.0 Å². The molecule has 7 heteroatoms. The standard InChI is InChI=1S/C25H26N2O5/c1-15-10-16(2)13-26(12-15)22(28)14-32-25(31)18-8-9-19-20(11-18)24(30)27(23(19)29)21-7-5-4-6-17(21)3/h4-9,11,15-16H,10,12-14H2,1-3H3. The van der Waals surface area contributed by atoms with Gasteiger partial charge in [0.15, 0.2) is 6.61 Å². The molecule has 2 aromatic rings. The zero-order valence-electron chi connectivity index (χ0n) is 18.5. The number of hydrogen-bond acceptors (Lipinski definition) is 5. The summed E-state index contributed by atoms with van der Waals surface area (Å²) in [6.07, 6.45) is 1.07. The number of carbonyl (C=O) groups excluding carboxylic acids is 4. The average molecular weight is 434 g/mol. The molecule has 2 aromatic carbocycles. The van der Waals surface area contributed by atoms with E-state index in [1.165, 1.54) is 18.2 Å². The predicted molar refractivity (Wildman–Crippen MR) is 119 cm³/mol. The second-order valence-electron chi connectivity index (χ2n) is 8.81. The van der Waals surface area contributed by atoms with Crippen LogP contribution in [0.15, 0.2) is 42.5 Å². The van der Waals surface area contributed by atoms with Crippen LogP contribution in [-0.4, -0.2) is 48.3 Å². The molecule has 0 saturated carbocycles. The highest BCUT2D eigenvalue weighted by molar-refractivity contribution is 6.34. The molecule has 2 aliphatic heterocycles. The number of benzene rings is 2. The summed E-state index contributed by atoms with van der Waals surface area (Å²) in [5.74, 6) is -1.02. The Balaban J connectivity index is 1.47. The molecule has 2 unspecified atom stereocenters. The minimum atomic E-state index is -0.700. The summed E-state index contributed by atoms with van der Waals surface area (Å²) in [5.41, 5.74) is 1.82. The fraction of sp³-hybridized carbons (Fsp3) is 0.360. The molecule has 2 heterocycles. The van der Waals surface area contributed by atoms with Crippen LogP contribution >= 0.6 is 0 Å². The lowest BCUT2D eigenvalue weighted by Crippen LogP contribution is -2.44. The second-order valence-corrected chi connectivity index (χ2v) is 8.81. The van der Waals surface area contributed by atoms with E-state index in [0.29, 0.717) is 30.6 Å². The average Bonchev–Trinajstić information content (AvgIpc) is 3.01. The van der Waals surface area contributed by atoms with Crippen LogP contribution in [0.3, 0.4) is 0 Å². The van der Waals surface area contributed by atoms with Crippen LogP contribution in [0.5, 0.6) is 0 Å². The van der Waals surface area contributed by atoms with Gasteiger partial charge in [-0.2, -0.15) is 0 Å². The van der Waals surface area contributed by atoms with E-state index in [0.717, 1.165) is 16.9 Å². The van der Waals surface area contributed by atoms with Crippen LogP contribution in [0.4, 0.5) is 5.69 Å². The van der Waals surface area contributed by atoms with Crippen molar-refractivity contribution in [2.75, 3.05) is 24.6 Å². The van der Waals surface area contributed by atoms with E-state index < -0.39 is 17.8 Å². The molecule has 7 nitrogen and oxygen atoms in total. The highest BCUT2D eigenvalue weighted by Gasteiger charge is 2.38. The Hall–Kier alpha value is -3.48. The van der Waals surface area contributed by atoms with Gasteiger partial charge in [0.05, 0.1) is 22.4 Å². The van der Waals surface area contributed by atoms with Gasteiger partial charge in [0, 0.05) is 13.1 Å². The number of para-hydroxylation sites is 1. The topological polar surface area (TPSA) is 84.0 Å². The summed E-state index contributed by atoms with van der Waals surface area (Å²) in [5, 5.41) is 0. The Morgan fingerprint density at radius 3 is 2.31 bits per heavy atom. The fourth-order valence-corrected chi connectivity index (χ4v) is 4.57. The summed E-state index contributed by atoms with van der Waals surface area (Å²) in [7, 11) is 0. The molecule has 0 aromatic heterocycles. The van der Waals surface area contributed by atoms with Gasteiger partial charge in [-0.25, -0.2) is 9.69 Å². The van der Waals surface area contributed by atoms with E-state index in [9.17, 15) is 19.2 Å². The number of anilines is 1. The molecule has 0 aliphatic carbocycles. The second kappa shape index (κ2) is 8.57. The summed E-state index contributed by atoms with van der Waals surface area (Å²) >= 11 is 0. The molecule has 1 saturated heterocycles. The summed E-state index contributed by atoms with van der Waals surface area (Å²) in [6, 6.07) is 11.4. The molecule has 32 heavy (non-hydrogen) atoms. The van der Waals surface area contributed by atoms with E-state index >= 15 is 0 Å². The molecule has 4 rings (SSSR count). The van der Waals surface area contributed by atoms with E-state index in [1.54, 1.807) is 17.0 Å². The number of likely N-dealkylation sites (tertiary alicyclic amines) is 1.